The number of hydrogen-bond acceptors (Lipinski definition) is 8. The molecule has 2 unspecified atom stereocenters. The number of benzene rings is 2. The first-order valence-corrected chi connectivity index (χ1v) is 13.4. The molecule has 0 aliphatic carbocycles. The molecule has 2 rings (SSSR count). The molecule has 0 heterocycles. The summed E-state index contributed by atoms with van der Waals surface area (Å²) in [7, 11) is -6.16. The molecule has 0 aliphatic heterocycles. The first-order chi connectivity index (χ1) is 15.9. The van der Waals surface area contributed by atoms with Crippen molar-refractivity contribution < 1.29 is 36.3 Å². The van der Waals surface area contributed by atoms with Crippen LogP contribution in [0.15, 0.2) is 73.3 Å². The minimum absolute atomic E-state index is 0.126. The molecule has 180 valence electrons. The molecule has 0 saturated heterocycles. The molecular formula is C23H30O8P2. The van der Waals surface area contributed by atoms with E-state index in [4.69, 9.17) is 27.1 Å². The van der Waals surface area contributed by atoms with Gasteiger partial charge < -0.3 is 9.05 Å². The Morgan fingerprint density at radius 3 is 2.21 bits per heavy atom. The zero-order valence-corrected chi connectivity index (χ0v) is 20.6. The van der Waals surface area contributed by atoms with Gasteiger partial charge in [-0.25, -0.2) is 9.13 Å². The highest BCUT2D eigenvalue weighted by atomic mass is 31.2. The van der Waals surface area contributed by atoms with Crippen LogP contribution in [0.4, 0.5) is 0 Å². The van der Waals surface area contributed by atoms with Crippen LogP contribution in [0.5, 0.6) is 11.5 Å². The van der Waals surface area contributed by atoms with E-state index in [1.807, 2.05) is 24.3 Å². The first-order valence-electron chi connectivity index (χ1n) is 10.4. The van der Waals surface area contributed by atoms with Gasteiger partial charge in [-0.15, -0.1) is 6.58 Å². The molecule has 0 amide bonds. The van der Waals surface area contributed by atoms with Gasteiger partial charge in [0.15, 0.2) is 0 Å². The predicted molar refractivity (Wildman–Crippen MR) is 128 cm³/mol. The van der Waals surface area contributed by atoms with Gasteiger partial charge in [0.2, 0.25) is 0 Å². The van der Waals surface area contributed by atoms with Crippen molar-refractivity contribution in [2.75, 3.05) is 26.9 Å². The smallest absolute Gasteiger partial charge is 0.404 e. The van der Waals surface area contributed by atoms with E-state index in [1.54, 1.807) is 55.5 Å². The Morgan fingerprint density at radius 1 is 0.848 bits per heavy atom. The third kappa shape index (κ3) is 10.1. The van der Waals surface area contributed by atoms with Gasteiger partial charge in [0, 0.05) is 7.11 Å². The highest BCUT2D eigenvalue weighted by Gasteiger charge is 2.28. The van der Waals surface area contributed by atoms with Crippen LogP contribution in [0.2, 0.25) is 0 Å². The topological polar surface area (TPSA) is 89.5 Å². The number of para-hydroxylation sites is 1. The zero-order valence-electron chi connectivity index (χ0n) is 18.8. The van der Waals surface area contributed by atoms with Gasteiger partial charge in [-0.1, -0.05) is 48.6 Å². The fourth-order valence-corrected chi connectivity index (χ4v) is 4.62. The summed E-state index contributed by atoms with van der Waals surface area (Å²) in [4.78, 5) is 0. The Morgan fingerprint density at radius 2 is 1.52 bits per heavy atom. The van der Waals surface area contributed by atoms with Gasteiger partial charge in [0.1, 0.15) is 11.5 Å². The average Bonchev–Trinajstić information content (AvgIpc) is 2.80. The second-order valence-electron chi connectivity index (χ2n) is 6.50. The van der Waals surface area contributed by atoms with Crippen LogP contribution in [0.1, 0.15) is 25.3 Å². The standard InChI is InChI=1S/C23H30O8P2/c1-4-6-18-29-33(25,27-5-2)31-23-17-12-14-21(20-23)13-10-11-19-28-32(24,26-3)30-22-15-8-7-9-16-22/h4,7-10,12-17,20H,1,5-6,11,18-19H2,2-3H3/b13-10+. The largest absolute Gasteiger partial charge is 0.530 e. The number of phosphoric ester groups is 2. The van der Waals surface area contributed by atoms with Gasteiger partial charge in [0.25, 0.3) is 0 Å². The lowest BCUT2D eigenvalue weighted by Crippen LogP contribution is -2.03. The number of rotatable bonds is 16. The Bertz CT molecular complexity index is 977. The summed E-state index contributed by atoms with van der Waals surface area (Å²) in [5.74, 6) is 0.747. The summed E-state index contributed by atoms with van der Waals surface area (Å²) in [5.41, 5.74) is 0.803. The summed E-state index contributed by atoms with van der Waals surface area (Å²) < 4.78 is 56.9. The molecule has 0 N–H and O–H groups in total. The Hall–Kier alpha value is -2.18. The van der Waals surface area contributed by atoms with Crippen molar-refractivity contribution in [3.63, 3.8) is 0 Å². The Balaban J connectivity index is 1.89. The van der Waals surface area contributed by atoms with Gasteiger partial charge in [0.05, 0.1) is 19.8 Å². The van der Waals surface area contributed by atoms with Crippen molar-refractivity contribution >= 4 is 21.7 Å². The van der Waals surface area contributed by atoms with E-state index in [2.05, 4.69) is 6.58 Å². The molecule has 2 aromatic carbocycles. The number of phosphoric acid groups is 2. The molecule has 2 atom stereocenters. The summed E-state index contributed by atoms with van der Waals surface area (Å²) in [5, 5.41) is 0. The van der Waals surface area contributed by atoms with E-state index < -0.39 is 15.6 Å². The minimum Gasteiger partial charge on any atom is -0.404 e. The van der Waals surface area contributed by atoms with Gasteiger partial charge in [-0.05, 0) is 49.6 Å². The van der Waals surface area contributed by atoms with Crippen molar-refractivity contribution in [1.29, 1.82) is 0 Å². The van der Waals surface area contributed by atoms with Crippen LogP contribution in [0.25, 0.3) is 6.08 Å². The molecule has 0 saturated carbocycles. The molecule has 0 aromatic heterocycles. The first kappa shape index (κ1) is 27.1. The quantitative estimate of drug-likeness (QED) is 0.139. The SMILES string of the molecule is C=CCCOP(=O)(OCC)Oc1cccc(/C=C/CCOP(=O)(OC)Oc2ccccc2)c1. The summed E-state index contributed by atoms with van der Waals surface area (Å²) in [6, 6.07) is 15.7. The van der Waals surface area contributed by atoms with E-state index >= 15 is 0 Å². The molecule has 0 aliphatic rings. The van der Waals surface area contributed by atoms with E-state index in [-0.39, 0.29) is 19.8 Å². The van der Waals surface area contributed by atoms with E-state index in [0.29, 0.717) is 24.3 Å². The normalized spacial score (nSPS) is 15.0. The van der Waals surface area contributed by atoms with Crippen LogP contribution in [0, 0.1) is 0 Å². The van der Waals surface area contributed by atoms with Gasteiger partial charge >= 0.3 is 15.6 Å². The van der Waals surface area contributed by atoms with Crippen LogP contribution in [-0.2, 0) is 27.2 Å². The second-order valence-corrected chi connectivity index (χ2v) is 9.79. The van der Waals surface area contributed by atoms with E-state index in [9.17, 15) is 9.13 Å². The van der Waals surface area contributed by atoms with Gasteiger partial charge in [-0.3, -0.25) is 18.1 Å². The predicted octanol–water partition coefficient (Wildman–Crippen LogP) is 7.06. The number of hydrogen-bond donors (Lipinski definition) is 0. The summed E-state index contributed by atoms with van der Waals surface area (Å²) in [6.07, 6.45) is 6.31. The second kappa shape index (κ2) is 14.2. The molecule has 0 spiro atoms. The molecule has 0 fully saturated rings. The third-order valence-corrected chi connectivity index (χ3v) is 6.85. The lowest BCUT2D eigenvalue weighted by Gasteiger charge is -2.17. The molecule has 2 aromatic rings. The van der Waals surface area contributed by atoms with Crippen LogP contribution in [-0.4, -0.2) is 26.9 Å². The fourth-order valence-electron chi connectivity index (χ4n) is 2.48. The maximum Gasteiger partial charge on any atom is 0.530 e. The van der Waals surface area contributed by atoms with Crippen molar-refractivity contribution in [3.8, 4) is 11.5 Å². The van der Waals surface area contributed by atoms with Crippen molar-refractivity contribution in [2.45, 2.75) is 19.8 Å². The van der Waals surface area contributed by atoms with E-state index in [0.717, 1.165) is 5.56 Å². The maximum atomic E-state index is 12.7. The van der Waals surface area contributed by atoms with Gasteiger partial charge in [-0.2, -0.15) is 0 Å². The zero-order chi connectivity index (χ0) is 24.0. The molecular weight excluding hydrogens is 466 g/mol. The van der Waals surface area contributed by atoms with Crippen LogP contribution >= 0.6 is 15.6 Å². The molecule has 8 nitrogen and oxygen atoms in total. The van der Waals surface area contributed by atoms with E-state index in [1.165, 1.54) is 7.11 Å². The summed E-state index contributed by atoms with van der Waals surface area (Å²) in [6.45, 7) is 5.80. The molecule has 0 bridgehead atoms. The molecule has 33 heavy (non-hydrogen) atoms. The fraction of sp³-hybridized carbons (Fsp3) is 0.304. The summed E-state index contributed by atoms with van der Waals surface area (Å²) >= 11 is 0. The highest BCUT2D eigenvalue weighted by Crippen LogP contribution is 2.50. The average molecular weight is 496 g/mol. The lowest BCUT2D eigenvalue weighted by molar-refractivity contribution is 0.163. The molecule has 10 heteroatoms. The maximum absolute atomic E-state index is 12.7. The minimum atomic E-state index is -3.73. The Labute approximate surface area is 195 Å². The van der Waals surface area contributed by atoms with Crippen LogP contribution in [0.3, 0.4) is 0 Å². The Kier molecular flexibility index (Phi) is 11.6. The van der Waals surface area contributed by atoms with Crippen molar-refractivity contribution in [2.24, 2.45) is 0 Å². The van der Waals surface area contributed by atoms with Crippen molar-refractivity contribution in [3.05, 3.63) is 78.9 Å². The third-order valence-electron chi connectivity index (χ3n) is 3.96. The molecule has 0 radical (unpaired) electrons. The monoisotopic (exact) mass is 496 g/mol. The lowest BCUT2D eigenvalue weighted by atomic mass is 10.2. The highest BCUT2D eigenvalue weighted by molar-refractivity contribution is 7.49. The van der Waals surface area contributed by atoms with Crippen LogP contribution < -0.4 is 9.05 Å². The van der Waals surface area contributed by atoms with Crippen molar-refractivity contribution in [1.82, 2.24) is 0 Å².